The molecule has 0 aromatic heterocycles. The summed E-state index contributed by atoms with van der Waals surface area (Å²) in [6, 6.07) is 2.61. The van der Waals surface area contributed by atoms with Crippen LogP contribution < -0.4 is 0 Å². The molecule has 0 spiro atoms. The van der Waals surface area contributed by atoms with Gasteiger partial charge in [-0.25, -0.2) is 0 Å². The molecule has 90 valence electrons. The fourth-order valence-corrected chi connectivity index (χ4v) is 3.93. The first kappa shape index (κ1) is 13.2. The minimum atomic E-state index is -0.843. The van der Waals surface area contributed by atoms with Gasteiger partial charge in [0, 0.05) is 19.7 Å². The first-order chi connectivity index (χ1) is 7.36. The largest absolute Gasteiger partial charge is 0.420 e. The molecule has 1 heterocycles. The second-order valence-corrected chi connectivity index (χ2v) is 7.05. The summed E-state index contributed by atoms with van der Waals surface area (Å²) in [5.41, 5.74) is 0. The Bertz CT molecular complexity index is 147. The van der Waals surface area contributed by atoms with Crippen molar-refractivity contribution in [3.63, 3.8) is 0 Å². The third kappa shape index (κ3) is 5.66. The standard InChI is InChI=1S/C11H25NO2Si/c1-3-14-15(4-2)11-5-6-12-7-9-13-10-8-12/h15H,3-11H2,1-2H3. The van der Waals surface area contributed by atoms with Crippen LogP contribution in [-0.4, -0.2) is 53.4 Å². The van der Waals surface area contributed by atoms with E-state index in [1.165, 1.54) is 25.1 Å². The third-order valence-electron chi connectivity index (χ3n) is 2.96. The van der Waals surface area contributed by atoms with E-state index in [9.17, 15) is 0 Å². The highest BCUT2D eigenvalue weighted by atomic mass is 28.3. The van der Waals surface area contributed by atoms with E-state index >= 15 is 0 Å². The smallest absolute Gasteiger partial charge is 0.176 e. The van der Waals surface area contributed by atoms with Crippen LogP contribution >= 0.6 is 0 Å². The topological polar surface area (TPSA) is 21.7 Å². The van der Waals surface area contributed by atoms with Gasteiger partial charge in [0.25, 0.3) is 0 Å². The monoisotopic (exact) mass is 231 g/mol. The van der Waals surface area contributed by atoms with Crippen molar-refractivity contribution in [2.24, 2.45) is 0 Å². The van der Waals surface area contributed by atoms with Crippen LogP contribution in [0.1, 0.15) is 20.3 Å². The maximum Gasteiger partial charge on any atom is 0.176 e. The summed E-state index contributed by atoms with van der Waals surface area (Å²) in [7, 11) is -0.843. The second kappa shape index (κ2) is 8.27. The normalized spacial score (nSPS) is 20.4. The zero-order valence-corrected chi connectivity index (χ0v) is 11.4. The highest BCUT2D eigenvalue weighted by Gasteiger charge is 2.12. The van der Waals surface area contributed by atoms with Gasteiger partial charge in [-0.15, -0.1) is 0 Å². The van der Waals surface area contributed by atoms with Crippen LogP contribution in [0, 0.1) is 0 Å². The Hall–Kier alpha value is 0.0969. The number of hydrogen-bond acceptors (Lipinski definition) is 3. The molecule has 0 amide bonds. The molecule has 1 atom stereocenters. The van der Waals surface area contributed by atoms with Gasteiger partial charge in [0.2, 0.25) is 0 Å². The minimum absolute atomic E-state index is 0.843. The van der Waals surface area contributed by atoms with Crippen molar-refractivity contribution in [2.75, 3.05) is 39.5 Å². The van der Waals surface area contributed by atoms with E-state index in [2.05, 4.69) is 18.7 Å². The van der Waals surface area contributed by atoms with Gasteiger partial charge in [-0.1, -0.05) is 6.92 Å². The summed E-state index contributed by atoms with van der Waals surface area (Å²) in [6.07, 6.45) is 1.31. The summed E-state index contributed by atoms with van der Waals surface area (Å²) in [5, 5.41) is 0. The van der Waals surface area contributed by atoms with E-state index in [4.69, 9.17) is 9.16 Å². The molecule has 0 aromatic rings. The van der Waals surface area contributed by atoms with E-state index in [0.29, 0.717) is 0 Å². The van der Waals surface area contributed by atoms with E-state index in [0.717, 1.165) is 32.9 Å². The van der Waals surface area contributed by atoms with E-state index in [-0.39, 0.29) is 0 Å². The van der Waals surface area contributed by atoms with E-state index < -0.39 is 9.04 Å². The Labute approximate surface area is 95.5 Å². The molecule has 1 saturated heterocycles. The van der Waals surface area contributed by atoms with Crippen molar-refractivity contribution in [1.82, 2.24) is 4.90 Å². The zero-order valence-electron chi connectivity index (χ0n) is 10.2. The quantitative estimate of drug-likeness (QED) is 0.620. The molecule has 0 bridgehead atoms. The van der Waals surface area contributed by atoms with Crippen LogP contribution in [-0.2, 0) is 9.16 Å². The lowest BCUT2D eigenvalue weighted by Crippen LogP contribution is -2.37. The van der Waals surface area contributed by atoms with Gasteiger partial charge in [-0.2, -0.15) is 0 Å². The molecule has 0 saturated carbocycles. The van der Waals surface area contributed by atoms with Gasteiger partial charge in [0.05, 0.1) is 13.2 Å². The zero-order chi connectivity index (χ0) is 10.9. The van der Waals surface area contributed by atoms with Gasteiger partial charge in [-0.05, 0) is 32.0 Å². The van der Waals surface area contributed by atoms with Crippen molar-refractivity contribution in [3.05, 3.63) is 0 Å². The van der Waals surface area contributed by atoms with E-state index in [1.807, 2.05) is 0 Å². The van der Waals surface area contributed by atoms with Crippen LogP contribution in [0.25, 0.3) is 0 Å². The summed E-state index contributed by atoms with van der Waals surface area (Å²) < 4.78 is 11.1. The first-order valence-electron chi connectivity index (χ1n) is 6.28. The van der Waals surface area contributed by atoms with Gasteiger partial charge < -0.3 is 9.16 Å². The Morgan fingerprint density at radius 2 is 2.00 bits per heavy atom. The van der Waals surface area contributed by atoms with Crippen molar-refractivity contribution >= 4 is 9.04 Å². The maximum absolute atomic E-state index is 5.78. The fourth-order valence-electron chi connectivity index (χ4n) is 2.01. The van der Waals surface area contributed by atoms with Crippen molar-refractivity contribution in [2.45, 2.75) is 32.4 Å². The molecule has 0 aliphatic carbocycles. The summed E-state index contributed by atoms with van der Waals surface area (Å²) in [5.74, 6) is 0. The molecule has 1 fully saturated rings. The number of hydrogen-bond donors (Lipinski definition) is 0. The Balaban J connectivity index is 2.03. The summed E-state index contributed by atoms with van der Waals surface area (Å²) in [4.78, 5) is 2.51. The molecule has 3 nitrogen and oxygen atoms in total. The number of nitrogens with zero attached hydrogens (tertiary/aromatic N) is 1. The molecule has 0 radical (unpaired) electrons. The van der Waals surface area contributed by atoms with E-state index in [1.54, 1.807) is 0 Å². The van der Waals surface area contributed by atoms with Gasteiger partial charge >= 0.3 is 0 Å². The van der Waals surface area contributed by atoms with Crippen LogP contribution in [0.4, 0.5) is 0 Å². The average Bonchev–Trinajstić information content (AvgIpc) is 2.29. The first-order valence-corrected chi connectivity index (χ1v) is 8.39. The molecule has 15 heavy (non-hydrogen) atoms. The fraction of sp³-hybridized carbons (Fsp3) is 1.00. The molecular weight excluding hydrogens is 206 g/mol. The molecule has 1 unspecified atom stereocenters. The van der Waals surface area contributed by atoms with Crippen molar-refractivity contribution in [1.29, 1.82) is 0 Å². The summed E-state index contributed by atoms with van der Waals surface area (Å²) >= 11 is 0. The van der Waals surface area contributed by atoms with Gasteiger partial charge in [-0.3, -0.25) is 4.90 Å². The lowest BCUT2D eigenvalue weighted by atomic mass is 10.3. The van der Waals surface area contributed by atoms with Crippen LogP contribution in [0.3, 0.4) is 0 Å². The summed E-state index contributed by atoms with van der Waals surface area (Å²) in [6.45, 7) is 10.6. The highest BCUT2D eigenvalue weighted by Crippen LogP contribution is 2.07. The number of morpholine rings is 1. The average molecular weight is 231 g/mol. The highest BCUT2D eigenvalue weighted by molar-refractivity contribution is 6.51. The van der Waals surface area contributed by atoms with Crippen LogP contribution in [0.2, 0.25) is 12.1 Å². The Morgan fingerprint density at radius 3 is 2.60 bits per heavy atom. The predicted molar refractivity (Wildman–Crippen MR) is 65.9 cm³/mol. The van der Waals surface area contributed by atoms with Crippen LogP contribution in [0.15, 0.2) is 0 Å². The number of ether oxygens (including phenoxy) is 1. The molecule has 0 aromatic carbocycles. The minimum Gasteiger partial charge on any atom is -0.420 e. The third-order valence-corrected chi connectivity index (χ3v) is 5.73. The molecule has 0 N–H and O–H groups in total. The van der Waals surface area contributed by atoms with Crippen molar-refractivity contribution < 1.29 is 9.16 Å². The van der Waals surface area contributed by atoms with Crippen LogP contribution in [0.5, 0.6) is 0 Å². The van der Waals surface area contributed by atoms with Crippen molar-refractivity contribution in [3.8, 4) is 0 Å². The Morgan fingerprint density at radius 1 is 1.27 bits per heavy atom. The second-order valence-electron chi connectivity index (χ2n) is 4.08. The molecular formula is C11H25NO2Si. The molecule has 1 aliphatic heterocycles. The lowest BCUT2D eigenvalue weighted by Gasteiger charge is -2.26. The molecule has 1 rings (SSSR count). The number of rotatable bonds is 7. The lowest BCUT2D eigenvalue weighted by molar-refractivity contribution is 0.0379. The van der Waals surface area contributed by atoms with Gasteiger partial charge in [0.15, 0.2) is 9.04 Å². The molecule has 4 heteroatoms. The predicted octanol–water partition coefficient (Wildman–Crippen LogP) is 1.49. The van der Waals surface area contributed by atoms with Gasteiger partial charge in [0.1, 0.15) is 0 Å². The Kier molecular flexibility index (Phi) is 7.26. The SMILES string of the molecule is CCO[SiH](CC)CCCN1CCOCC1. The maximum atomic E-state index is 5.78. The molecule has 1 aliphatic rings.